The van der Waals surface area contributed by atoms with Gasteiger partial charge in [-0.15, -0.1) is 0 Å². The van der Waals surface area contributed by atoms with Crippen LogP contribution in [0.4, 0.5) is 0 Å². The summed E-state index contributed by atoms with van der Waals surface area (Å²) in [5.41, 5.74) is 0. The van der Waals surface area contributed by atoms with Gasteiger partial charge in [0.05, 0.1) is 11.0 Å². The van der Waals surface area contributed by atoms with Crippen LogP contribution in [0.1, 0.15) is 0 Å². The first-order chi connectivity index (χ1) is 8.43. The number of carbonyl (C=O) groups excluding carboxylic acids is 1. The van der Waals surface area contributed by atoms with Crippen LogP contribution >= 0.6 is 10.7 Å². The molecule has 8 heteroatoms. The number of ether oxygens (including phenoxy) is 1. The van der Waals surface area contributed by atoms with Gasteiger partial charge < -0.3 is 10.1 Å². The number of halogens is 1. The second-order valence-electron chi connectivity index (χ2n) is 3.13. The van der Waals surface area contributed by atoms with Gasteiger partial charge in [-0.1, -0.05) is 0 Å². The predicted molar refractivity (Wildman–Crippen MR) is 63.6 cm³/mol. The number of benzene rings is 1. The number of amides is 1. The Morgan fingerprint density at radius 3 is 2.50 bits per heavy atom. The second-order valence-corrected chi connectivity index (χ2v) is 5.70. The van der Waals surface area contributed by atoms with Crippen LogP contribution in [0.25, 0.3) is 0 Å². The minimum Gasteiger partial charge on any atom is -0.484 e. The highest BCUT2D eigenvalue weighted by atomic mass is 35.7. The van der Waals surface area contributed by atoms with Crippen molar-refractivity contribution in [2.45, 2.75) is 4.90 Å². The van der Waals surface area contributed by atoms with Gasteiger partial charge in [0.1, 0.15) is 12.3 Å². The van der Waals surface area contributed by atoms with E-state index in [4.69, 9.17) is 20.7 Å². The van der Waals surface area contributed by atoms with Crippen LogP contribution in [0.5, 0.6) is 5.75 Å². The van der Waals surface area contributed by atoms with Crippen molar-refractivity contribution >= 4 is 25.6 Å². The largest absolute Gasteiger partial charge is 0.484 e. The Bertz CT molecular complexity index is 563. The lowest BCUT2D eigenvalue weighted by molar-refractivity contribution is -0.122. The molecule has 0 unspecified atom stereocenters. The molecule has 1 aromatic rings. The minimum atomic E-state index is -3.76. The number of rotatable bonds is 5. The summed E-state index contributed by atoms with van der Waals surface area (Å²) < 4.78 is 27.0. The average Bonchev–Trinajstić information content (AvgIpc) is 2.33. The Morgan fingerprint density at radius 1 is 1.39 bits per heavy atom. The highest BCUT2D eigenvalue weighted by molar-refractivity contribution is 8.13. The number of carbonyl (C=O) groups is 1. The van der Waals surface area contributed by atoms with Crippen LogP contribution in [-0.4, -0.2) is 27.5 Å². The molecule has 96 valence electrons. The molecule has 1 rings (SSSR count). The first-order valence-corrected chi connectivity index (χ1v) is 7.05. The van der Waals surface area contributed by atoms with Gasteiger partial charge in [0.25, 0.3) is 15.0 Å². The maximum absolute atomic E-state index is 11.1. The van der Waals surface area contributed by atoms with Gasteiger partial charge in [-0.3, -0.25) is 4.79 Å². The predicted octanol–water partition coefficient (Wildman–Crippen LogP) is 0.633. The molecule has 0 fully saturated rings. The third kappa shape index (κ3) is 4.61. The lowest BCUT2D eigenvalue weighted by atomic mass is 10.3. The van der Waals surface area contributed by atoms with Crippen LogP contribution in [0.3, 0.4) is 0 Å². The summed E-state index contributed by atoms with van der Waals surface area (Å²) in [5, 5.41) is 10.5. The zero-order valence-corrected chi connectivity index (χ0v) is 10.7. The molecule has 0 aromatic heterocycles. The SMILES string of the molecule is N#CCNC(=O)COc1ccc(S(=O)(=O)Cl)cc1. The molecule has 0 bridgehead atoms. The molecule has 1 amide bonds. The topological polar surface area (TPSA) is 96.3 Å². The van der Waals surface area contributed by atoms with Crippen LogP contribution in [0, 0.1) is 11.3 Å². The smallest absolute Gasteiger partial charge is 0.261 e. The number of nitriles is 1. The maximum Gasteiger partial charge on any atom is 0.261 e. The van der Waals surface area contributed by atoms with E-state index in [-0.39, 0.29) is 18.0 Å². The van der Waals surface area contributed by atoms with E-state index in [9.17, 15) is 13.2 Å². The lowest BCUT2D eigenvalue weighted by Gasteiger charge is -2.05. The zero-order valence-electron chi connectivity index (χ0n) is 9.09. The minimum absolute atomic E-state index is 0.0505. The van der Waals surface area contributed by atoms with E-state index in [1.54, 1.807) is 6.07 Å². The highest BCUT2D eigenvalue weighted by Crippen LogP contribution is 2.18. The molecule has 18 heavy (non-hydrogen) atoms. The van der Waals surface area contributed by atoms with Gasteiger partial charge in [0, 0.05) is 10.7 Å². The van der Waals surface area contributed by atoms with Gasteiger partial charge in [-0.05, 0) is 24.3 Å². The van der Waals surface area contributed by atoms with Crippen molar-refractivity contribution in [1.82, 2.24) is 5.32 Å². The number of hydrogen-bond donors (Lipinski definition) is 1. The summed E-state index contributed by atoms with van der Waals surface area (Å²) in [5.74, 6) is -0.114. The third-order valence-corrected chi connectivity index (χ3v) is 3.21. The fourth-order valence-electron chi connectivity index (χ4n) is 1.04. The first kappa shape index (κ1) is 14.3. The van der Waals surface area contributed by atoms with Gasteiger partial charge in [-0.2, -0.15) is 5.26 Å². The summed E-state index contributed by atoms with van der Waals surface area (Å²) in [7, 11) is 1.37. The van der Waals surface area contributed by atoms with Crippen molar-refractivity contribution in [3.05, 3.63) is 24.3 Å². The van der Waals surface area contributed by atoms with Crippen LogP contribution < -0.4 is 10.1 Å². The maximum atomic E-state index is 11.1. The fraction of sp³-hybridized carbons (Fsp3) is 0.200. The average molecular weight is 289 g/mol. The standard InChI is InChI=1S/C10H9ClN2O4S/c11-18(15,16)9-3-1-8(2-4-9)17-7-10(14)13-6-5-12/h1-4H,6-7H2,(H,13,14). The Hall–Kier alpha value is -1.78. The molecule has 0 saturated heterocycles. The summed E-state index contributed by atoms with van der Waals surface area (Å²) >= 11 is 0. The van der Waals surface area contributed by atoms with Crippen molar-refractivity contribution in [2.75, 3.05) is 13.2 Å². The Kier molecular flexibility index (Phi) is 4.95. The van der Waals surface area contributed by atoms with Crippen LogP contribution in [0.2, 0.25) is 0 Å². The van der Waals surface area contributed by atoms with Crippen molar-refractivity contribution < 1.29 is 17.9 Å². The van der Waals surface area contributed by atoms with E-state index < -0.39 is 15.0 Å². The molecule has 0 heterocycles. The van der Waals surface area contributed by atoms with Crippen molar-refractivity contribution in [2.24, 2.45) is 0 Å². The number of nitrogens with zero attached hydrogens (tertiary/aromatic N) is 1. The quantitative estimate of drug-likeness (QED) is 0.633. The molecule has 0 aliphatic heterocycles. The van der Waals surface area contributed by atoms with E-state index in [2.05, 4.69) is 5.32 Å². The van der Waals surface area contributed by atoms with E-state index >= 15 is 0 Å². The summed E-state index contributed by atoms with van der Waals surface area (Å²) in [4.78, 5) is 11.0. The lowest BCUT2D eigenvalue weighted by Crippen LogP contribution is -2.28. The van der Waals surface area contributed by atoms with E-state index in [1.165, 1.54) is 24.3 Å². The molecule has 1 aromatic carbocycles. The van der Waals surface area contributed by atoms with Gasteiger partial charge in [0.2, 0.25) is 0 Å². The zero-order chi connectivity index (χ0) is 13.6. The molecule has 0 aliphatic carbocycles. The van der Waals surface area contributed by atoms with Gasteiger partial charge >= 0.3 is 0 Å². The molecule has 1 N–H and O–H groups in total. The van der Waals surface area contributed by atoms with Crippen LogP contribution in [0.15, 0.2) is 29.2 Å². The van der Waals surface area contributed by atoms with Crippen LogP contribution in [-0.2, 0) is 13.8 Å². The number of hydrogen-bond acceptors (Lipinski definition) is 5. The molecule has 0 saturated carbocycles. The van der Waals surface area contributed by atoms with E-state index in [0.717, 1.165) is 0 Å². The van der Waals surface area contributed by atoms with Gasteiger partial charge in [0.15, 0.2) is 6.61 Å². The third-order valence-electron chi connectivity index (χ3n) is 1.84. The summed E-state index contributed by atoms with van der Waals surface area (Å²) in [6.45, 7) is -0.347. The monoisotopic (exact) mass is 288 g/mol. The van der Waals surface area contributed by atoms with E-state index in [0.29, 0.717) is 5.75 Å². The molecule has 0 atom stereocenters. The fourth-order valence-corrected chi connectivity index (χ4v) is 1.81. The molecular weight excluding hydrogens is 280 g/mol. The molecule has 0 spiro atoms. The van der Waals surface area contributed by atoms with Crippen molar-refractivity contribution in [3.8, 4) is 11.8 Å². The normalized spacial score (nSPS) is 10.4. The second kappa shape index (κ2) is 6.23. The van der Waals surface area contributed by atoms with Crippen molar-refractivity contribution in [3.63, 3.8) is 0 Å². The number of nitrogens with one attached hydrogen (secondary N) is 1. The van der Waals surface area contributed by atoms with E-state index in [1.807, 2.05) is 0 Å². The molecule has 0 radical (unpaired) electrons. The Labute approximate surface area is 109 Å². The Balaban J connectivity index is 2.55. The summed E-state index contributed by atoms with van der Waals surface area (Å²) in [6.07, 6.45) is 0. The first-order valence-electron chi connectivity index (χ1n) is 4.74. The highest BCUT2D eigenvalue weighted by Gasteiger charge is 2.09. The summed E-state index contributed by atoms with van der Waals surface area (Å²) in [6, 6.07) is 7.05. The molecule has 6 nitrogen and oxygen atoms in total. The molecule has 0 aliphatic rings. The Morgan fingerprint density at radius 2 is 2.00 bits per heavy atom. The van der Waals surface area contributed by atoms with Crippen molar-refractivity contribution in [1.29, 1.82) is 5.26 Å². The van der Waals surface area contributed by atoms with Gasteiger partial charge in [-0.25, -0.2) is 8.42 Å². The molecular formula is C10H9ClN2O4S.